The molecule has 0 saturated heterocycles. The van der Waals surface area contributed by atoms with Crippen molar-refractivity contribution in [3.63, 3.8) is 0 Å². The van der Waals surface area contributed by atoms with E-state index in [0.29, 0.717) is 34.3 Å². The van der Waals surface area contributed by atoms with Gasteiger partial charge in [-0.3, -0.25) is 0 Å². The minimum Gasteiger partial charge on any atom is -0.421 e. The van der Waals surface area contributed by atoms with Crippen LogP contribution in [0.5, 0.6) is 11.8 Å². The van der Waals surface area contributed by atoms with Gasteiger partial charge in [-0.1, -0.05) is 48.9 Å². The van der Waals surface area contributed by atoms with Gasteiger partial charge in [0.2, 0.25) is 10.0 Å². The molecule has 0 fully saturated rings. The first-order valence-electron chi connectivity index (χ1n) is 12.4. The van der Waals surface area contributed by atoms with Gasteiger partial charge in [0.15, 0.2) is 17.2 Å². The molecule has 213 valence electrons. The van der Waals surface area contributed by atoms with Crippen molar-refractivity contribution >= 4 is 41.5 Å². The molecule has 0 unspecified atom stereocenters. The minimum atomic E-state index is -3.81. The molecule has 0 aliphatic rings. The average Bonchev–Trinajstić information content (AvgIpc) is 3.24. The lowest BCUT2D eigenvalue weighted by Crippen LogP contribution is -2.24. The van der Waals surface area contributed by atoms with E-state index in [4.69, 9.17) is 21.1 Å². The lowest BCUT2D eigenvalue weighted by atomic mass is 10.1. The fourth-order valence-corrected chi connectivity index (χ4v) is 5.73. The first-order valence-corrected chi connectivity index (χ1v) is 17.1. The van der Waals surface area contributed by atoms with E-state index in [2.05, 4.69) is 28.2 Å². The van der Waals surface area contributed by atoms with E-state index in [1.807, 2.05) is 0 Å². The number of aromatic nitrogens is 4. The molecule has 0 N–H and O–H groups in total. The van der Waals surface area contributed by atoms with E-state index >= 15 is 0 Å². The second-order valence-corrected chi connectivity index (χ2v) is 15.0. The van der Waals surface area contributed by atoms with Crippen molar-refractivity contribution in [3.8, 4) is 23.0 Å². The zero-order chi connectivity index (χ0) is 29.0. The number of nitrogens with zero attached hydrogens (tertiary/aromatic N) is 5. The molecule has 9 nitrogen and oxygen atoms in total. The van der Waals surface area contributed by atoms with Gasteiger partial charge in [0.05, 0.1) is 16.1 Å². The topological polar surface area (TPSA) is 99.4 Å². The zero-order valence-corrected chi connectivity index (χ0v) is 25.1. The fourth-order valence-electron chi connectivity index (χ4n) is 3.84. The molecule has 1 radical (unpaired) electrons. The Labute approximate surface area is 238 Å². The molecule has 0 saturated carbocycles. The second-order valence-electron chi connectivity index (χ2n) is 9.54. The highest BCUT2D eigenvalue weighted by Crippen LogP contribution is 2.36. The van der Waals surface area contributed by atoms with Gasteiger partial charge in [0, 0.05) is 41.1 Å². The maximum Gasteiger partial charge on any atom is 0.324 e. The number of hydrogen-bond acceptors (Lipinski definition) is 7. The predicted molar refractivity (Wildman–Crippen MR) is 151 cm³/mol. The first kappa shape index (κ1) is 30.0. The number of fused-ring (bicyclic) bond motifs is 1. The van der Waals surface area contributed by atoms with Gasteiger partial charge < -0.3 is 9.47 Å². The molecule has 4 rings (SSSR count). The normalized spacial score (nSPS) is 12.1. The van der Waals surface area contributed by atoms with Gasteiger partial charge in [-0.15, -0.1) is 0 Å². The molecule has 4 aromatic rings. The Morgan fingerprint density at radius 2 is 1.85 bits per heavy atom. The SMILES string of the molecule is CN(C)S(=O)(=O)Cc1nc(Oc2ccc(F)cc2F)nc2c1c(-c1ccccc1Cl)nn2COCCC[Si](C)C. The summed E-state index contributed by atoms with van der Waals surface area (Å²) in [7, 11) is -1.39. The largest absolute Gasteiger partial charge is 0.421 e. The standard InChI is InChI=1S/C26H29ClF2N5O4SSi/c1-33(2)39(35,36)15-21-23-24(18-8-5-6-9-19(18)27)32-34(16-37-12-7-13-40(3)4)25(23)31-26(30-21)38-22-11-10-17(28)14-20(22)29/h5-6,8-11,14H,7,12-13,15-16H2,1-4H3. The van der Waals surface area contributed by atoms with Gasteiger partial charge in [0.25, 0.3) is 0 Å². The van der Waals surface area contributed by atoms with Crippen molar-refractivity contribution in [2.45, 2.75) is 38.0 Å². The molecular formula is C26H29ClF2N5O4SSi. The Hall–Kier alpha value is -2.97. The Morgan fingerprint density at radius 1 is 1.10 bits per heavy atom. The van der Waals surface area contributed by atoms with Gasteiger partial charge >= 0.3 is 6.01 Å². The number of halogens is 3. The molecule has 0 aliphatic heterocycles. The minimum absolute atomic E-state index is 0.0116. The highest BCUT2D eigenvalue weighted by atomic mass is 35.5. The molecule has 2 aromatic carbocycles. The predicted octanol–water partition coefficient (Wildman–Crippen LogP) is 5.73. The number of benzene rings is 2. The van der Waals surface area contributed by atoms with Crippen molar-refractivity contribution in [2.75, 3.05) is 20.7 Å². The second kappa shape index (κ2) is 12.7. The van der Waals surface area contributed by atoms with Crippen molar-refractivity contribution in [1.82, 2.24) is 24.1 Å². The molecule has 0 spiro atoms. The summed E-state index contributed by atoms with van der Waals surface area (Å²) in [6.45, 7) is 4.97. The molecule has 14 heteroatoms. The third-order valence-electron chi connectivity index (χ3n) is 5.92. The third kappa shape index (κ3) is 7.02. The van der Waals surface area contributed by atoms with E-state index in [0.717, 1.165) is 28.9 Å². The van der Waals surface area contributed by atoms with Crippen molar-refractivity contribution in [2.24, 2.45) is 0 Å². The van der Waals surface area contributed by atoms with Gasteiger partial charge in [-0.25, -0.2) is 26.2 Å². The quantitative estimate of drug-likeness (QED) is 0.150. The van der Waals surface area contributed by atoms with Gasteiger partial charge in [0.1, 0.15) is 24.0 Å². The molecule has 40 heavy (non-hydrogen) atoms. The Balaban J connectivity index is 1.88. The van der Waals surface area contributed by atoms with Crippen LogP contribution in [0.2, 0.25) is 24.2 Å². The summed E-state index contributed by atoms with van der Waals surface area (Å²) in [5, 5.41) is 5.42. The average molecular weight is 609 g/mol. The van der Waals surface area contributed by atoms with Crippen LogP contribution in [0.4, 0.5) is 8.78 Å². The van der Waals surface area contributed by atoms with Crippen molar-refractivity contribution in [1.29, 1.82) is 0 Å². The number of ether oxygens (including phenoxy) is 2. The van der Waals surface area contributed by atoms with Crippen LogP contribution in [-0.4, -0.2) is 62.0 Å². The third-order valence-corrected chi connectivity index (χ3v) is 9.36. The Kier molecular flexibility index (Phi) is 9.51. The number of rotatable bonds is 12. The number of hydrogen-bond donors (Lipinski definition) is 0. The first-order chi connectivity index (χ1) is 19.0. The van der Waals surface area contributed by atoms with E-state index in [-0.39, 0.29) is 38.6 Å². The summed E-state index contributed by atoms with van der Waals surface area (Å²) in [6.07, 6.45) is 0.886. The van der Waals surface area contributed by atoms with Crippen LogP contribution >= 0.6 is 11.6 Å². The summed E-state index contributed by atoms with van der Waals surface area (Å²) >= 11 is 6.51. The molecule has 2 heterocycles. The summed E-state index contributed by atoms with van der Waals surface area (Å²) in [5.41, 5.74) is 1.19. The fraction of sp³-hybridized carbons (Fsp3) is 0.346. The van der Waals surface area contributed by atoms with Crippen LogP contribution in [0.15, 0.2) is 42.5 Å². The van der Waals surface area contributed by atoms with Crippen LogP contribution < -0.4 is 4.74 Å². The molecular weight excluding hydrogens is 580 g/mol. The summed E-state index contributed by atoms with van der Waals surface area (Å²) in [5.74, 6) is -2.60. The monoisotopic (exact) mass is 608 g/mol. The summed E-state index contributed by atoms with van der Waals surface area (Å²) in [6, 6.07) is 10.5. The molecule has 0 aliphatic carbocycles. The van der Waals surface area contributed by atoms with Crippen LogP contribution in [0.25, 0.3) is 22.3 Å². The summed E-state index contributed by atoms with van der Waals surface area (Å²) in [4.78, 5) is 8.80. The van der Waals surface area contributed by atoms with E-state index < -0.39 is 27.4 Å². The van der Waals surface area contributed by atoms with Crippen molar-refractivity contribution in [3.05, 3.63) is 64.8 Å². The molecule has 0 amide bonds. The summed E-state index contributed by atoms with van der Waals surface area (Å²) < 4.78 is 67.8. The maximum atomic E-state index is 14.4. The zero-order valence-electron chi connectivity index (χ0n) is 22.5. The van der Waals surface area contributed by atoms with Gasteiger partial charge in [-0.2, -0.15) is 15.1 Å². The molecule has 0 atom stereocenters. The van der Waals surface area contributed by atoms with Crippen LogP contribution in [0.1, 0.15) is 12.1 Å². The molecule has 0 bridgehead atoms. The highest BCUT2D eigenvalue weighted by Gasteiger charge is 2.26. The smallest absolute Gasteiger partial charge is 0.324 e. The van der Waals surface area contributed by atoms with Crippen LogP contribution in [0, 0.1) is 11.6 Å². The van der Waals surface area contributed by atoms with E-state index in [1.54, 1.807) is 24.3 Å². The lowest BCUT2D eigenvalue weighted by Gasteiger charge is -2.13. The highest BCUT2D eigenvalue weighted by molar-refractivity contribution is 7.88. The Bertz CT molecular complexity index is 1620. The van der Waals surface area contributed by atoms with E-state index in [9.17, 15) is 17.2 Å². The maximum absolute atomic E-state index is 14.4. The lowest BCUT2D eigenvalue weighted by molar-refractivity contribution is 0.0719. The van der Waals surface area contributed by atoms with Crippen molar-refractivity contribution < 1.29 is 26.7 Å². The van der Waals surface area contributed by atoms with E-state index in [1.165, 1.54) is 18.8 Å². The van der Waals surface area contributed by atoms with Crippen LogP contribution in [-0.2, 0) is 27.2 Å². The van der Waals surface area contributed by atoms with Crippen LogP contribution in [0.3, 0.4) is 0 Å². The number of sulfonamides is 1. The van der Waals surface area contributed by atoms with Gasteiger partial charge in [-0.05, 0) is 24.6 Å². The molecule has 2 aromatic heterocycles. The Morgan fingerprint density at radius 3 is 2.52 bits per heavy atom.